The molecule has 4 nitrogen and oxygen atoms in total. The van der Waals surface area contributed by atoms with Crippen molar-refractivity contribution in [1.29, 1.82) is 0 Å². The van der Waals surface area contributed by atoms with E-state index in [1.54, 1.807) is 7.11 Å². The van der Waals surface area contributed by atoms with Gasteiger partial charge in [0.1, 0.15) is 16.7 Å². The fourth-order valence-corrected chi connectivity index (χ4v) is 4.93. The van der Waals surface area contributed by atoms with Crippen LogP contribution in [0.4, 0.5) is 0 Å². The number of ether oxygens (including phenoxy) is 1. The average Bonchev–Trinajstić information content (AvgIpc) is 2.74. The summed E-state index contributed by atoms with van der Waals surface area (Å²) in [6.07, 6.45) is 0. The van der Waals surface area contributed by atoms with Gasteiger partial charge in [0, 0.05) is 11.1 Å². The van der Waals surface area contributed by atoms with Crippen molar-refractivity contribution in [2.24, 2.45) is 0 Å². The zero-order valence-corrected chi connectivity index (χ0v) is 14.7. The van der Waals surface area contributed by atoms with Crippen molar-refractivity contribution >= 4 is 7.60 Å². The van der Waals surface area contributed by atoms with Crippen LogP contribution >= 0.6 is 7.60 Å². The number of fused-ring (bicyclic) bond motifs is 1. The maximum atomic E-state index is 13.2. The van der Waals surface area contributed by atoms with Crippen LogP contribution in [0.15, 0.2) is 42.5 Å². The SMILES string of the molecule is CCOP1(=O)Oc2cccc(-c3ccccc3OC)c2C1(C)C. The summed E-state index contributed by atoms with van der Waals surface area (Å²) in [5.74, 6) is 1.39. The van der Waals surface area contributed by atoms with Crippen LogP contribution in [-0.2, 0) is 14.2 Å². The van der Waals surface area contributed by atoms with Gasteiger partial charge in [0.05, 0.1) is 13.7 Å². The molecule has 2 aromatic carbocycles. The molecule has 1 atom stereocenters. The normalized spacial score (nSPS) is 21.6. The lowest BCUT2D eigenvalue weighted by Crippen LogP contribution is -2.16. The number of hydrogen-bond acceptors (Lipinski definition) is 4. The Bertz CT molecular complexity index is 782. The molecule has 0 aliphatic carbocycles. The summed E-state index contributed by atoms with van der Waals surface area (Å²) in [5, 5.41) is -0.726. The Morgan fingerprint density at radius 3 is 2.48 bits per heavy atom. The topological polar surface area (TPSA) is 44.8 Å². The predicted molar refractivity (Wildman–Crippen MR) is 91.3 cm³/mol. The molecule has 0 saturated carbocycles. The predicted octanol–water partition coefficient (Wildman–Crippen LogP) is 5.22. The van der Waals surface area contributed by atoms with Crippen molar-refractivity contribution < 1.29 is 18.3 Å². The van der Waals surface area contributed by atoms with Gasteiger partial charge in [-0.2, -0.15) is 0 Å². The van der Waals surface area contributed by atoms with Gasteiger partial charge in [-0.1, -0.05) is 30.3 Å². The van der Waals surface area contributed by atoms with Crippen LogP contribution in [0.5, 0.6) is 11.5 Å². The molecule has 0 amide bonds. The molecule has 23 heavy (non-hydrogen) atoms. The van der Waals surface area contributed by atoms with Gasteiger partial charge >= 0.3 is 7.60 Å². The fourth-order valence-electron chi connectivity index (χ4n) is 3.07. The van der Waals surface area contributed by atoms with Crippen LogP contribution in [-0.4, -0.2) is 13.7 Å². The van der Waals surface area contributed by atoms with Crippen LogP contribution in [0.1, 0.15) is 26.3 Å². The molecule has 0 radical (unpaired) electrons. The minimum absolute atomic E-state index is 0.346. The van der Waals surface area contributed by atoms with Gasteiger partial charge in [-0.05, 0) is 38.5 Å². The highest BCUT2D eigenvalue weighted by atomic mass is 31.2. The molecule has 0 fully saturated rings. The highest BCUT2D eigenvalue weighted by Gasteiger charge is 2.54. The summed E-state index contributed by atoms with van der Waals surface area (Å²) in [6.45, 7) is 5.99. The molecule has 1 unspecified atom stereocenters. The lowest BCUT2D eigenvalue weighted by Gasteiger charge is -2.26. The molecule has 0 aromatic heterocycles. The summed E-state index contributed by atoms with van der Waals surface area (Å²) in [7, 11) is -1.62. The minimum atomic E-state index is -3.27. The highest BCUT2D eigenvalue weighted by molar-refractivity contribution is 7.56. The van der Waals surface area contributed by atoms with E-state index in [1.807, 2.05) is 63.2 Å². The molecule has 3 rings (SSSR count). The molecule has 0 bridgehead atoms. The number of methoxy groups -OCH3 is 1. The summed E-state index contributed by atoms with van der Waals surface area (Å²) >= 11 is 0. The molecular weight excluding hydrogens is 311 g/mol. The third kappa shape index (κ3) is 2.37. The van der Waals surface area contributed by atoms with Crippen molar-refractivity contribution in [3.05, 3.63) is 48.0 Å². The van der Waals surface area contributed by atoms with E-state index < -0.39 is 12.8 Å². The minimum Gasteiger partial charge on any atom is -0.496 e. The first kappa shape index (κ1) is 16.1. The summed E-state index contributed by atoms with van der Waals surface area (Å²) in [6, 6.07) is 13.5. The van der Waals surface area contributed by atoms with Gasteiger partial charge in [0.2, 0.25) is 0 Å². The van der Waals surface area contributed by atoms with Crippen molar-refractivity contribution in [1.82, 2.24) is 0 Å². The fraction of sp³-hybridized carbons (Fsp3) is 0.333. The Balaban J connectivity index is 2.23. The molecule has 1 aliphatic rings. The van der Waals surface area contributed by atoms with E-state index in [0.29, 0.717) is 12.4 Å². The summed E-state index contributed by atoms with van der Waals surface area (Å²) in [5.41, 5.74) is 2.82. The van der Waals surface area contributed by atoms with Gasteiger partial charge in [0.25, 0.3) is 0 Å². The summed E-state index contributed by atoms with van der Waals surface area (Å²) in [4.78, 5) is 0. The van der Waals surface area contributed by atoms with E-state index in [0.717, 1.165) is 22.4 Å². The largest absolute Gasteiger partial charge is 0.496 e. The molecule has 0 spiro atoms. The molecule has 1 aliphatic heterocycles. The number of hydrogen-bond donors (Lipinski definition) is 0. The number of para-hydroxylation sites is 1. The third-order valence-electron chi connectivity index (χ3n) is 4.24. The van der Waals surface area contributed by atoms with E-state index in [4.69, 9.17) is 13.8 Å². The van der Waals surface area contributed by atoms with Gasteiger partial charge in [-0.15, -0.1) is 0 Å². The van der Waals surface area contributed by atoms with Crippen LogP contribution in [0.3, 0.4) is 0 Å². The van der Waals surface area contributed by atoms with Gasteiger partial charge < -0.3 is 9.26 Å². The standard InChI is InChI=1S/C18H21O4P/c1-5-21-23(19)18(2,3)17-14(10-8-12-16(17)22-23)13-9-6-7-11-15(13)20-4/h6-12H,5H2,1-4H3. The zero-order valence-electron chi connectivity index (χ0n) is 13.8. The molecule has 5 heteroatoms. The molecule has 122 valence electrons. The quantitative estimate of drug-likeness (QED) is 0.720. The molecule has 1 heterocycles. The number of benzene rings is 2. The second kappa shape index (κ2) is 5.70. The molecule has 0 N–H and O–H groups in total. The monoisotopic (exact) mass is 332 g/mol. The van der Waals surface area contributed by atoms with Crippen molar-refractivity contribution in [2.75, 3.05) is 13.7 Å². The smallest absolute Gasteiger partial charge is 0.389 e. The second-order valence-electron chi connectivity index (χ2n) is 5.94. The molecular formula is C18H21O4P. The Labute approximate surface area is 136 Å². The Morgan fingerprint density at radius 1 is 1.09 bits per heavy atom. The number of rotatable bonds is 4. The molecule has 2 aromatic rings. The first-order valence-electron chi connectivity index (χ1n) is 7.65. The lowest BCUT2D eigenvalue weighted by molar-refractivity contribution is 0.270. The van der Waals surface area contributed by atoms with E-state index in [2.05, 4.69) is 0 Å². The van der Waals surface area contributed by atoms with E-state index in [-0.39, 0.29) is 0 Å². The van der Waals surface area contributed by atoms with E-state index in [9.17, 15) is 4.57 Å². The maximum absolute atomic E-state index is 13.2. The van der Waals surface area contributed by atoms with Crippen LogP contribution in [0.2, 0.25) is 0 Å². The average molecular weight is 332 g/mol. The van der Waals surface area contributed by atoms with E-state index >= 15 is 0 Å². The van der Waals surface area contributed by atoms with Crippen LogP contribution in [0, 0.1) is 0 Å². The highest BCUT2D eigenvalue weighted by Crippen LogP contribution is 2.72. The first-order chi connectivity index (χ1) is 10.9. The van der Waals surface area contributed by atoms with Gasteiger partial charge in [0.15, 0.2) is 0 Å². The first-order valence-corrected chi connectivity index (χ1v) is 9.20. The van der Waals surface area contributed by atoms with Gasteiger partial charge in [-0.25, -0.2) is 4.57 Å². The van der Waals surface area contributed by atoms with E-state index in [1.165, 1.54) is 0 Å². The van der Waals surface area contributed by atoms with Crippen LogP contribution < -0.4 is 9.26 Å². The van der Waals surface area contributed by atoms with Crippen molar-refractivity contribution in [3.63, 3.8) is 0 Å². The Kier molecular flexibility index (Phi) is 3.99. The van der Waals surface area contributed by atoms with Crippen molar-refractivity contribution in [2.45, 2.75) is 25.9 Å². The Morgan fingerprint density at radius 2 is 1.78 bits per heavy atom. The zero-order chi connectivity index (χ0) is 16.7. The Hall–Kier alpha value is -1.77. The maximum Gasteiger partial charge on any atom is 0.389 e. The molecule has 0 saturated heterocycles. The third-order valence-corrected chi connectivity index (χ3v) is 6.87. The van der Waals surface area contributed by atoms with Gasteiger partial charge in [-0.3, -0.25) is 4.52 Å². The van der Waals surface area contributed by atoms with Crippen molar-refractivity contribution in [3.8, 4) is 22.6 Å². The summed E-state index contributed by atoms with van der Waals surface area (Å²) < 4.78 is 30.0. The lowest BCUT2D eigenvalue weighted by atomic mass is 9.90. The second-order valence-corrected chi connectivity index (χ2v) is 8.50. The van der Waals surface area contributed by atoms with Crippen LogP contribution in [0.25, 0.3) is 11.1 Å².